The number of thioether (sulfide) groups is 1. The molecule has 4 aromatic rings. The molecule has 45 heavy (non-hydrogen) atoms. The van der Waals surface area contributed by atoms with E-state index in [-0.39, 0.29) is 28.4 Å². The molecule has 0 bridgehead atoms. The maximum atomic E-state index is 12.8. The molecule has 10 nitrogen and oxygen atoms in total. The van der Waals surface area contributed by atoms with E-state index >= 15 is 0 Å². The van der Waals surface area contributed by atoms with Crippen molar-refractivity contribution < 1.29 is 27.4 Å². The van der Waals surface area contributed by atoms with Gasteiger partial charge in [-0.05, 0) is 59.6 Å². The number of halogens is 3. The Kier molecular flexibility index (Phi) is 9.48. The molecular weight excluding hydrogens is 628 g/mol. The van der Waals surface area contributed by atoms with Crippen LogP contribution in [0.3, 0.4) is 0 Å². The minimum Gasteiger partial charge on any atom is -0.497 e. The molecule has 1 aliphatic rings. The summed E-state index contributed by atoms with van der Waals surface area (Å²) in [6.07, 6.45) is -1.73. The number of thiocarbonyl (C=S) groups is 1. The fraction of sp³-hybridized carbons (Fsp3) is 0.200. The molecule has 3 aromatic carbocycles. The lowest BCUT2D eigenvalue weighted by molar-refractivity contribution is -0.274. The van der Waals surface area contributed by atoms with Gasteiger partial charge in [-0.3, -0.25) is 15.1 Å². The third-order valence-corrected chi connectivity index (χ3v) is 7.54. The van der Waals surface area contributed by atoms with Gasteiger partial charge < -0.3 is 9.47 Å². The Balaban J connectivity index is 1.22. The van der Waals surface area contributed by atoms with Crippen molar-refractivity contribution in [1.29, 1.82) is 0 Å². The second-order valence-corrected chi connectivity index (χ2v) is 11.2. The van der Waals surface area contributed by atoms with E-state index in [4.69, 9.17) is 17.0 Å². The molecule has 5 rings (SSSR count). The van der Waals surface area contributed by atoms with Gasteiger partial charge in [-0.25, -0.2) is 9.67 Å². The van der Waals surface area contributed by atoms with Crippen molar-refractivity contribution in [3.63, 3.8) is 0 Å². The van der Waals surface area contributed by atoms with Gasteiger partial charge in [-0.1, -0.05) is 55.9 Å². The number of nitrogens with zero attached hydrogens (tertiary/aromatic N) is 6. The molecule has 0 saturated carbocycles. The number of carbonyl (C=O) groups is 1. The number of hydrogen-bond acceptors (Lipinski definition) is 8. The molecule has 0 spiro atoms. The van der Waals surface area contributed by atoms with E-state index in [1.807, 2.05) is 30.3 Å². The lowest BCUT2D eigenvalue weighted by Crippen LogP contribution is -2.31. The number of nitrogens with one attached hydrogen (secondary N) is 1. The summed E-state index contributed by atoms with van der Waals surface area (Å²) in [5.74, 6) is 1.03. The molecule has 0 radical (unpaired) electrons. The van der Waals surface area contributed by atoms with Crippen LogP contribution in [0.25, 0.3) is 17.1 Å². The topological polar surface area (TPSA) is 106 Å². The lowest BCUT2D eigenvalue weighted by Gasteiger charge is -2.22. The molecule has 1 amide bonds. The summed E-state index contributed by atoms with van der Waals surface area (Å²) in [4.78, 5) is 23.1. The predicted molar refractivity (Wildman–Crippen MR) is 171 cm³/mol. The van der Waals surface area contributed by atoms with Gasteiger partial charge in [-0.2, -0.15) is 10.1 Å². The molecule has 232 valence electrons. The Bertz CT molecular complexity index is 1760. The number of anilines is 1. The van der Waals surface area contributed by atoms with Crippen LogP contribution in [-0.4, -0.2) is 56.4 Å². The van der Waals surface area contributed by atoms with E-state index in [1.165, 1.54) is 47.0 Å². The van der Waals surface area contributed by atoms with Gasteiger partial charge in [0.1, 0.15) is 17.8 Å². The average Bonchev–Trinajstić information content (AvgIpc) is 3.64. The summed E-state index contributed by atoms with van der Waals surface area (Å²) < 4.78 is 47.9. The maximum Gasteiger partial charge on any atom is 0.573 e. The summed E-state index contributed by atoms with van der Waals surface area (Å²) in [6, 6.07) is 18.2. The zero-order chi connectivity index (χ0) is 32.1. The standard InChI is InChI=1S/C30H26F3N7O3S2/c1-18(2)24-13-12-23(42-3)14-25(24)40-26(41)16-45-29(40)36-28(44)37-35-15-19-4-6-20(7-5-19)27-34-17-39(38-27)21-8-10-22(11-9-21)43-30(31,32)33/h4-15,17-18H,16H2,1-3H3,(H,37,44)/b35-15+,36-29?. The summed E-state index contributed by atoms with van der Waals surface area (Å²) in [5, 5.41) is 9.12. The van der Waals surface area contributed by atoms with E-state index in [2.05, 4.69) is 44.2 Å². The molecule has 1 N–H and O–H groups in total. The van der Waals surface area contributed by atoms with Crippen molar-refractivity contribution in [1.82, 2.24) is 20.2 Å². The third-order valence-electron chi connectivity index (χ3n) is 6.43. The molecule has 1 fully saturated rings. The number of benzene rings is 3. The monoisotopic (exact) mass is 653 g/mol. The number of alkyl halides is 3. The van der Waals surface area contributed by atoms with Crippen LogP contribution < -0.4 is 19.8 Å². The second-order valence-electron chi connectivity index (χ2n) is 9.84. The Morgan fingerprint density at radius 2 is 1.80 bits per heavy atom. The molecule has 1 saturated heterocycles. The van der Waals surface area contributed by atoms with Crippen molar-refractivity contribution in [3.8, 4) is 28.6 Å². The highest BCUT2D eigenvalue weighted by Gasteiger charge is 2.33. The average molecular weight is 654 g/mol. The Morgan fingerprint density at radius 1 is 1.09 bits per heavy atom. The van der Waals surface area contributed by atoms with Crippen molar-refractivity contribution in [2.24, 2.45) is 10.1 Å². The minimum absolute atomic E-state index is 0.0896. The Labute approximate surface area is 266 Å². The number of aliphatic imine (C=N–C) groups is 1. The number of methoxy groups -OCH3 is 1. The number of amidine groups is 1. The largest absolute Gasteiger partial charge is 0.573 e. The number of hydrazone groups is 1. The molecule has 0 aliphatic carbocycles. The van der Waals surface area contributed by atoms with Gasteiger partial charge in [0.15, 0.2) is 11.0 Å². The fourth-order valence-corrected chi connectivity index (χ4v) is 5.39. The Hall–Kier alpha value is -4.76. The highest BCUT2D eigenvalue weighted by molar-refractivity contribution is 8.15. The molecule has 15 heteroatoms. The van der Waals surface area contributed by atoms with Gasteiger partial charge in [-0.15, -0.1) is 18.3 Å². The normalized spacial score (nSPS) is 14.5. The number of aromatic nitrogens is 3. The third kappa shape index (κ3) is 7.85. The molecule has 2 heterocycles. The number of rotatable bonds is 8. The van der Waals surface area contributed by atoms with Gasteiger partial charge in [0, 0.05) is 11.6 Å². The fourth-order valence-electron chi connectivity index (χ4n) is 4.33. The summed E-state index contributed by atoms with van der Waals surface area (Å²) >= 11 is 6.67. The van der Waals surface area contributed by atoms with E-state index in [0.717, 1.165) is 16.7 Å². The minimum atomic E-state index is -4.76. The molecule has 1 aliphatic heterocycles. The highest BCUT2D eigenvalue weighted by atomic mass is 32.2. The van der Waals surface area contributed by atoms with Crippen LogP contribution in [0.15, 0.2) is 83.2 Å². The molecule has 1 aromatic heterocycles. The SMILES string of the molecule is COc1ccc(C(C)C)c(N2C(=O)CSC2=NC(=S)N/N=C/c2ccc(-c3ncn(-c4ccc(OC(F)(F)F)cc4)n3)cc2)c1. The first-order valence-corrected chi connectivity index (χ1v) is 14.8. The molecule has 0 unspecified atom stereocenters. The van der Waals surface area contributed by atoms with Crippen LogP contribution in [0.2, 0.25) is 0 Å². The van der Waals surface area contributed by atoms with Gasteiger partial charge >= 0.3 is 6.36 Å². The zero-order valence-electron chi connectivity index (χ0n) is 24.1. The first-order chi connectivity index (χ1) is 21.5. The first kappa shape index (κ1) is 31.7. The summed E-state index contributed by atoms with van der Waals surface area (Å²) in [7, 11) is 1.57. The predicted octanol–water partition coefficient (Wildman–Crippen LogP) is 6.31. The van der Waals surface area contributed by atoms with Crippen LogP contribution in [-0.2, 0) is 4.79 Å². The van der Waals surface area contributed by atoms with Gasteiger partial charge in [0.05, 0.1) is 30.5 Å². The van der Waals surface area contributed by atoms with E-state index < -0.39 is 6.36 Å². The van der Waals surface area contributed by atoms with Crippen LogP contribution in [0.5, 0.6) is 11.5 Å². The summed E-state index contributed by atoms with van der Waals surface area (Å²) in [5.41, 5.74) is 6.41. The van der Waals surface area contributed by atoms with Crippen molar-refractivity contribution in [2.75, 3.05) is 17.8 Å². The van der Waals surface area contributed by atoms with Crippen LogP contribution in [0.1, 0.15) is 30.9 Å². The molecular formula is C30H26F3N7O3S2. The smallest absolute Gasteiger partial charge is 0.497 e. The molecule has 0 atom stereocenters. The van der Waals surface area contributed by atoms with Crippen LogP contribution in [0, 0.1) is 0 Å². The second kappa shape index (κ2) is 13.5. The van der Waals surface area contributed by atoms with Gasteiger partial charge in [0.2, 0.25) is 11.0 Å². The number of hydrogen-bond donors (Lipinski definition) is 1. The first-order valence-electron chi connectivity index (χ1n) is 13.4. The Morgan fingerprint density at radius 3 is 2.47 bits per heavy atom. The van der Waals surface area contributed by atoms with Crippen LogP contribution >= 0.6 is 24.0 Å². The zero-order valence-corrected chi connectivity index (χ0v) is 25.8. The van der Waals surface area contributed by atoms with Crippen LogP contribution in [0.4, 0.5) is 18.9 Å². The quantitative estimate of drug-likeness (QED) is 0.134. The highest BCUT2D eigenvalue weighted by Crippen LogP contribution is 2.36. The summed E-state index contributed by atoms with van der Waals surface area (Å²) in [6.45, 7) is 4.10. The van der Waals surface area contributed by atoms with Gasteiger partial charge in [0.25, 0.3) is 0 Å². The van der Waals surface area contributed by atoms with E-state index in [1.54, 1.807) is 30.4 Å². The van der Waals surface area contributed by atoms with Crippen molar-refractivity contribution in [3.05, 3.63) is 84.2 Å². The number of ether oxygens (including phenoxy) is 2. The lowest BCUT2D eigenvalue weighted by atomic mass is 10.00. The van der Waals surface area contributed by atoms with Crippen molar-refractivity contribution >= 4 is 52.1 Å². The van der Waals surface area contributed by atoms with Crippen molar-refractivity contribution in [2.45, 2.75) is 26.1 Å². The van der Waals surface area contributed by atoms with E-state index in [9.17, 15) is 18.0 Å². The number of amides is 1. The van der Waals surface area contributed by atoms with E-state index in [0.29, 0.717) is 28.1 Å². The maximum absolute atomic E-state index is 12.8. The number of carbonyl (C=O) groups excluding carboxylic acids is 1.